The molecule has 3 rings (SSSR count). The molecule has 1 aromatic carbocycles. The van der Waals surface area contributed by atoms with Crippen molar-refractivity contribution in [2.24, 2.45) is 0 Å². The molecule has 0 spiro atoms. The lowest BCUT2D eigenvalue weighted by Crippen LogP contribution is -2.17. The van der Waals surface area contributed by atoms with Gasteiger partial charge >= 0.3 is 6.18 Å². The molecule has 2 N–H and O–H groups in total. The Morgan fingerprint density at radius 2 is 1.88 bits per heavy atom. The van der Waals surface area contributed by atoms with E-state index in [9.17, 15) is 22.8 Å². The monoisotopic (exact) mass is 379 g/mol. The predicted octanol–water partition coefficient (Wildman–Crippen LogP) is 4.08. The van der Waals surface area contributed by atoms with E-state index in [2.05, 4.69) is 15.3 Å². The molecule has 2 heterocycles. The topological polar surface area (TPSA) is 74.8 Å². The van der Waals surface area contributed by atoms with Crippen LogP contribution in [0.5, 0.6) is 0 Å². The summed E-state index contributed by atoms with van der Waals surface area (Å²) in [5.41, 5.74) is -0.100. The summed E-state index contributed by atoms with van der Waals surface area (Å²) >= 11 is 1.04. The van der Waals surface area contributed by atoms with Crippen molar-refractivity contribution in [1.82, 2.24) is 9.97 Å². The quantitative estimate of drug-likeness (QED) is 0.720. The first-order chi connectivity index (χ1) is 12.3. The van der Waals surface area contributed by atoms with Crippen molar-refractivity contribution in [2.45, 2.75) is 13.1 Å². The second kappa shape index (κ2) is 6.75. The van der Waals surface area contributed by atoms with E-state index in [1.54, 1.807) is 6.92 Å². The number of hydrogen-bond donors (Lipinski definition) is 2. The van der Waals surface area contributed by atoms with Gasteiger partial charge in [0.15, 0.2) is 0 Å². The number of aromatic nitrogens is 2. The van der Waals surface area contributed by atoms with Crippen LogP contribution >= 0.6 is 11.3 Å². The van der Waals surface area contributed by atoms with Crippen LogP contribution in [0, 0.1) is 6.92 Å². The number of carbonyl (C=O) groups excluding carboxylic acids is 1. The highest BCUT2D eigenvalue weighted by Gasteiger charge is 2.30. The predicted molar refractivity (Wildman–Crippen MR) is 92.3 cm³/mol. The molecule has 0 aliphatic carbocycles. The summed E-state index contributed by atoms with van der Waals surface area (Å²) in [5, 5.41) is 2.92. The molecule has 0 aliphatic heterocycles. The van der Waals surface area contributed by atoms with Crippen LogP contribution < -0.4 is 10.7 Å². The van der Waals surface area contributed by atoms with Gasteiger partial charge in [0.1, 0.15) is 15.6 Å². The number of aromatic amines is 1. The molecule has 0 atom stereocenters. The highest BCUT2D eigenvalue weighted by molar-refractivity contribution is 7.17. The second-order valence-corrected chi connectivity index (χ2v) is 6.38. The SMILES string of the molecule is Cc1nc(-c2ccc(C(F)(F)F)cc2)sc1C(=O)Nc1c[nH]ccc1=O. The summed E-state index contributed by atoms with van der Waals surface area (Å²) in [4.78, 5) is 31.3. The van der Waals surface area contributed by atoms with E-state index in [-0.39, 0.29) is 16.0 Å². The number of alkyl halides is 3. The molecule has 26 heavy (non-hydrogen) atoms. The molecule has 0 saturated carbocycles. The Morgan fingerprint density at radius 1 is 1.19 bits per heavy atom. The third kappa shape index (κ3) is 3.67. The molecule has 0 unspecified atom stereocenters. The number of pyridine rings is 1. The number of hydrogen-bond acceptors (Lipinski definition) is 4. The van der Waals surface area contributed by atoms with Crippen molar-refractivity contribution in [2.75, 3.05) is 5.32 Å². The van der Waals surface area contributed by atoms with Gasteiger partial charge in [0.25, 0.3) is 5.91 Å². The largest absolute Gasteiger partial charge is 0.416 e. The number of rotatable bonds is 3. The zero-order valence-electron chi connectivity index (χ0n) is 13.3. The second-order valence-electron chi connectivity index (χ2n) is 5.39. The number of benzene rings is 1. The van der Waals surface area contributed by atoms with Gasteiger partial charge in [0.2, 0.25) is 5.43 Å². The summed E-state index contributed by atoms with van der Waals surface area (Å²) in [6.07, 6.45) is -1.60. The highest BCUT2D eigenvalue weighted by Crippen LogP contribution is 2.33. The first kappa shape index (κ1) is 17.9. The Bertz CT molecular complexity index is 1010. The summed E-state index contributed by atoms with van der Waals surface area (Å²) < 4.78 is 37.9. The lowest BCUT2D eigenvalue weighted by Gasteiger charge is -2.06. The van der Waals surface area contributed by atoms with E-state index in [1.165, 1.54) is 30.6 Å². The van der Waals surface area contributed by atoms with Crippen molar-refractivity contribution in [3.63, 3.8) is 0 Å². The minimum absolute atomic E-state index is 0.0985. The summed E-state index contributed by atoms with van der Waals surface area (Å²) in [7, 11) is 0. The maximum Gasteiger partial charge on any atom is 0.416 e. The van der Waals surface area contributed by atoms with Crippen LogP contribution in [0.3, 0.4) is 0 Å². The number of halogens is 3. The van der Waals surface area contributed by atoms with E-state index in [4.69, 9.17) is 0 Å². The van der Waals surface area contributed by atoms with Crippen molar-refractivity contribution < 1.29 is 18.0 Å². The molecule has 0 bridgehead atoms. The molecule has 3 aromatic rings. The van der Waals surface area contributed by atoms with E-state index in [0.29, 0.717) is 16.3 Å². The van der Waals surface area contributed by atoms with E-state index in [0.717, 1.165) is 23.5 Å². The molecular formula is C17H12F3N3O2S. The molecular weight excluding hydrogens is 367 g/mol. The number of anilines is 1. The Balaban J connectivity index is 1.86. The highest BCUT2D eigenvalue weighted by atomic mass is 32.1. The summed E-state index contributed by atoms with van der Waals surface area (Å²) in [6.45, 7) is 1.62. The summed E-state index contributed by atoms with van der Waals surface area (Å²) in [6, 6.07) is 5.84. The first-order valence-corrected chi connectivity index (χ1v) is 8.21. The minimum Gasteiger partial charge on any atom is -0.366 e. The standard InChI is InChI=1S/C17H12F3N3O2S/c1-9-14(15(25)23-12-8-21-7-6-13(12)24)26-16(22-9)10-2-4-11(5-3-10)17(18,19)20/h2-8H,1H3,(H,21,24)(H,23,25). The number of aryl methyl sites for hydroxylation is 1. The van der Waals surface area contributed by atoms with E-state index < -0.39 is 17.6 Å². The van der Waals surface area contributed by atoms with Gasteiger partial charge < -0.3 is 10.3 Å². The smallest absolute Gasteiger partial charge is 0.366 e. The molecule has 5 nitrogen and oxygen atoms in total. The normalized spacial score (nSPS) is 11.4. The van der Waals surface area contributed by atoms with Gasteiger partial charge in [-0.25, -0.2) is 4.98 Å². The maximum absolute atomic E-state index is 12.6. The van der Waals surface area contributed by atoms with Crippen molar-refractivity contribution in [3.05, 3.63) is 69.1 Å². The van der Waals surface area contributed by atoms with Crippen molar-refractivity contribution in [1.29, 1.82) is 0 Å². The van der Waals surface area contributed by atoms with Crippen LogP contribution in [0.4, 0.5) is 18.9 Å². The first-order valence-electron chi connectivity index (χ1n) is 7.39. The molecule has 0 saturated heterocycles. The molecule has 2 aromatic heterocycles. The number of carbonyl (C=O) groups is 1. The zero-order valence-corrected chi connectivity index (χ0v) is 14.2. The number of thiazole rings is 1. The van der Waals surface area contributed by atoms with Gasteiger partial charge in [-0.2, -0.15) is 13.2 Å². The van der Waals surface area contributed by atoms with Gasteiger partial charge in [-0.1, -0.05) is 12.1 Å². The maximum atomic E-state index is 12.6. The molecule has 1 amide bonds. The fourth-order valence-corrected chi connectivity index (χ4v) is 3.19. The Morgan fingerprint density at radius 3 is 2.50 bits per heavy atom. The summed E-state index contributed by atoms with van der Waals surface area (Å²) in [5.74, 6) is -0.505. The minimum atomic E-state index is -4.41. The fraction of sp³-hybridized carbons (Fsp3) is 0.118. The third-order valence-electron chi connectivity index (χ3n) is 3.53. The lowest BCUT2D eigenvalue weighted by atomic mass is 10.1. The van der Waals surface area contributed by atoms with Crippen molar-refractivity contribution in [3.8, 4) is 10.6 Å². The molecule has 0 aliphatic rings. The van der Waals surface area contributed by atoms with Crippen LogP contribution in [-0.2, 0) is 6.18 Å². The average Bonchev–Trinajstić information content (AvgIpc) is 2.98. The van der Waals surface area contributed by atoms with Gasteiger partial charge in [-0.15, -0.1) is 11.3 Å². The number of nitrogens with one attached hydrogen (secondary N) is 2. The van der Waals surface area contributed by atoms with E-state index >= 15 is 0 Å². The zero-order chi connectivity index (χ0) is 18.9. The van der Waals surface area contributed by atoms with Crippen LogP contribution in [0.25, 0.3) is 10.6 Å². The average molecular weight is 379 g/mol. The molecule has 134 valence electrons. The van der Waals surface area contributed by atoms with E-state index in [1.807, 2.05) is 0 Å². The fourth-order valence-electron chi connectivity index (χ4n) is 2.23. The Kier molecular flexibility index (Phi) is 4.64. The Hall–Kier alpha value is -2.94. The molecule has 0 fully saturated rings. The number of nitrogens with zero attached hydrogens (tertiary/aromatic N) is 1. The van der Waals surface area contributed by atoms with Crippen LogP contribution in [-0.4, -0.2) is 15.9 Å². The third-order valence-corrected chi connectivity index (χ3v) is 4.74. The van der Waals surface area contributed by atoms with Crippen LogP contribution in [0.15, 0.2) is 47.5 Å². The van der Waals surface area contributed by atoms with Gasteiger partial charge in [0.05, 0.1) is 11.3 Å². The number of amides is 1. The van der Waals surface area contributed by atoms with Gasteiger partial charge in [-0.05, 0) is 19.1 Å². The Labute approximate surface area is 149 Å². The van der Waals surface area contributed by atoms with Gasteiger partial charge in [0, 0.05) is 24.0 Å². The van der Waals surface area contributed by atoms with Gasteiger partial charge in [-0.3, -0.25) is 9.59 Å². The molecule has 0 radical (unpaired) electrons. The van der Waals surface area contributed by atoms with Crippen LogP contribution in [0.1, 0.15) is 20.9 Å². The number of H-pyrrole nitrogens is 1. The van der Waals surface area contributed by atoms with Crippen molar-refractivity contribution >= 4 is 22.9 Å². The molecule has 9 heteroatoms. The van der Waals surface area contributed by atoms with Crippen LogP contribution in [0.2, 0.25) is 0 Å². The lowest BCUT2D eigenvalue weighted by molar-refractivity contribution is -0.137.